The zero-order valence-corrected chi connectivity index (χ0v) is 10.1. The Labute approximate surface area is 88.6 Å². The van der Waals surface area contributed by atoms with Crippen LogP contribution >= 0.6 is 0 Å². The van der Waals surface area contributed by atoms with Crippen LogP contribution in [-0.2, 0) is 4.74 Å². The van der Waals surface area contributed by atoms with Crippen LogP contribution in [0, 0.1) is 5.92 Å². The van der Waals surface area contributed by atoms with Gasteiger partial charge < -0.3 is 15.4 Å². The highest BCUT2D eigenvalue weighted by Gasteiger charge is 2.08. The van der Waals surface area contributed by atoms with Gasteiger partial charge in [0.05, 0.1) is 0 Å². The molecular formula is C11H26N2O. The highest BCUT2D eigenvalue weighted by Crippen LogP contribution is 2.03. The van der Waals surface area contributed by atoms with Gasteiger partial charge in [-0.1, -0.05) is 13.8 Å². The number of ether oxygens (including phenoxy) is 1. The molecule has 3 heteroatoms. The minimum absolute atomic E-state index is 0.333. The molecular weight excluding hydrogens is 176 g/mol. The fourth-order valence-corrected chi connectivity index (χ4v) is 1.29. The SMILES string of the molecule is COCCCN(C)CCC(N)C(C)C. The fraction of sp³-hybridized carbons (Fsp3) is 1.00. The molecule has 0 aliphatic heterocycles. The molecule has 1 atom stereocenters. The zero-order valence-electron chi connectivity index (χ0n) is 10.1. The van der Waals surface area contributed by atoms with Crippen molar-refractivity contribution in [3.63, 3.8) is 0 Å². The van der Waals surface area contributed by atoms with Crippen molar-refractivity contribution < 1.29 is 4.74 Å². The fourth-order valence-electron chi connectivity index (χ4n) is 1.29. The Morgan fingerprint density at radius 3 is 2.43 bits per heavy atom. The van der Waals surface area contributed by atoms with Crippen LogP contribution in [0.15, 0.2) is 0 Å². The summed E-state index contributed by atoms with van der Waals surface area (Å²) in [7, 11) is 3.89. The first-order valence-electron chi connectivity index (χ1n) is 5.51. The lowest BCUT2D eigenvalue weighted by Gasteiger charge is -2.21. The first-order valence-corrected chi connectivity index (χ1v) is 5.51. The second kappa shape index (κ2) is 8.21. The van der Waals surface area contributed by atoms with Crippen molar-refractivity contribution in [2.24, 2.45) is 11.7 Å². The average molecular weight is 202 g/mol. The first-order chi connectivity index (χ1) is 6.57. The second-order valence-corrected chi connectivity index (χ2v) is 4.35. The summed E-state index contributed by atoms with van der Waals surface area (Å²) in [5.74, 6) is 0.586. The van der Waals surface area contributed by atoms with Gasteiger partial charge in [-0.25, -0.2) is 0 Å². The lowest BCUT2D eigenvalue weighted by Crippen LogP contribution is -2.32. The van der Waals surface area contributed by atoms with Gasteiger partial charge in [0.15, 0.2) is 0 Å². The quantitative estimate of drug-likeness (QED) is 0.603. The molecule has 0 amide bonds. The summed E-state index contributed by atoms with van der Waals surface area (Å²) in [5, 5.41) is 0. The number of rotatable bonds is 8. The predicted octanol–water partition coefficient (Wildman–Crippen LogP) is 1.33. The van der Waals surface area contributed by atoms with Crippen LogP contribution in [0.1, 0.15) is 26.7 Å². The summed E-state index contributed by atoms with van der Waals surface area (Å²) in [6, 6.07) is 0.333. The van der Waals surface area contributed by atoms with Crippen molar-refractivity contribution in [1.82, 2.24) is 4.90 Å². The molecule has 0 aliphatic carbocycles. The van der Waals surface area contributed by atoms with E-state index in [0.29, 0.717) is 12.0 Å². The average Bonchev–Trinajstić information content (AvgIpc) is 2.14. The molecule has 0 spiro atoms. The van der Waals surface area contributed by atoms with Gasteiger partial charge in [0.25, 0.3) is 0 Å². The number of nitrogens with zero attached hydrogens (tertiary/aromatic N) is 1. The molecule has 86 valence electrons. The minimum atomic E-state index is 0.333. The smallest absolute Gasteiger partial charge is 0.0474 e. The van der Waals surface area contributed by atoms with E-state index in [1.54, 1.807) is 7.11 Å². The Morgan fingerprint density at radius 1 is 1.29 bits per heavy atom. The van der Waals surface area contributed by atoms with Crippen LogP contribution in [0.25, 0.3) is 0 Å². The van der Waals surface area contributed by atoms with Gasteiger partial charge in [-0.15, -0.1) is 0 Å². The molecule has 0 aromatic carbocycles. The first kappa shape index (κ1) is 13.9. The molecule has 0 aromatic heterocycles. The van der Waals surface area contributed by atoms with Crippen LogP contribution in [0.5, 0.6) is 0 Å². The van der Waals surface area contributed by atoms with Crippen LogP contribution in [0.3, 0.4) is 0 Å². The lowest BCUT2D eigenvalue weighted by molar-refractivity contribution is 0.178. The van der Waals surface area contributed by atoms with Gasteiger partial charge in [0.1, 0.15) is 0 Å². The molecule has 0 saturated heterocycles. The van der Waals surface area contributed by atoms with E-state index in [4.69, 9.17) is 10.5 Å². The van der Waals surface area contributed by atoms with E-state index >= 15 is 0 Å². The summed E-state index contributed by atoms with van der Waals surface area (Å²) in [4.78, 5) is 2.32. The van der Waals surface area contributed by atoms with Crippen molar-refractivity contribution in [2.45, 2.75) is 32.7 Å². The summed E-state index contributed by atoms with van der Waals surface area (Å²) >= 11 is 0. The lowest BCUT2D eigenvalue weighted by atomic mass is 10.0. The van der Waals surface area contributed by atoms with Crippen LogP contribution in [0.4, 0.5) is 0 Å². The zero-order chi connectivity index (χ0) is 11.0. The molecule has 0 aliphatic rings. The molecule has 0 fully saturated rings. The Balaban J connectivity index is 3.38. The molecule has 0 rings (SSSR count). The van der Waals surface area contributed by atoms with E-state index < -0.39 is 0 Å². The molecule has 14 heavy (non-hydrogen) atoms. The van der Waals surface area contributed by atoms with Gasteiger partial charge in [0.2, 0.25) is 0 Å². The third-order valence-corrected chi connectivity index (χ3v) is 2.59. The van der Waals surface area contributed by atoms with E-state index in [0.717, 1.165) is 32.5 Å². The molecule has 0 radical (unpaired) electrons. The van der Waals surface area contributed by atoms with Gasteiger partial charge in [0, 0.05) is 26.3 Å². The van der Waals surface area contributed by atoms with Gasteiger partial charge in [-0.2, -0.15) is 0 Å². The largest absolute Gasteiger partial charge is 0.385 e. The van der Waals surface area contributed by atoms with E-state index in [2.05, 4.69) is 25.8 Å². The van der Waals surface area contributed by atoms with Gasteiger partial charge in [-0.05, 0) is 32.4 Å². The molecule has 0 bridgehead atoms. The topological polar surface area (TPSA) is 38.5 Å². The van der Waals surface area contributed by atoms with Crippen LogP contribution in [-0.4, -0.2) is 44.8 Å². The third-order valence-electron chi connectivity index (χ3n) is 2.59. The standard InChI is InChI=1S/C11H26N2O/c1-10(2)11(12)6-8-13(3)7-5-9-14-4/h10-11H,5-9,12H2,1-4H3. The van der Waals surface area contributed by atoms with Crippen molar-refractivity contribution in [1.29, 1.82) is 0 Å². The maximum absolute atomic E-state index is 5.97. The van der Waals surface area contributed by atoms with Gasteiger partial charge >= 0.3 is 0 Å². The van der Waals surface area contributed by atoms with E-state index in [1.807, 2.05) is 0 Å². The van der Waals surface area contributed by atoms with Crippen LogP contribution in [0.2, 0.25) is 0 Å². The number of hydrogen-bond acceptors (Lipinski definition) is 3. The maximum Gasteiger partial charge on any atom is 0.0474 e. The summed E-state index contributed by atoms with van der Waals surface area (Å²) in [6.07, 6.45) is 2.19. The molecule has 1 unspecified atom stereocenters. The molecule has 0 heterocycles. The highest BCUT2D eigenvalue weighted by atomic mass is 16.5. The van der Waals surface area contributed by atoms with E-state index in [1.165, 1.54) is 0 Å². The predicted molar refractivity (Wildman–Crippen MR) is 61.4 cm³/mol. The normalized spacial score (nSPS) is 13.9. The van der Waals surface area contributed by atoms with Crippen molar-refractivity contribution >= 4 is 0 Å². The van der Waals surface area contributed by atoms with Crippen LogP contribution < -0.4 is 5.73 Å². The Hall–Kier alpha value is -0.120. The summed E-state index contributed by atoms with van der Waals surface area (Å²) in [5.41, 5.74) is 5.97. The Morgan fingerprint density at radius 2 is 1.93 bits per heavy atom. The summed E-state index contributed by atoms with van der Waals surface area (Å²) < 4.78 is 5.00. The number of methoxy groups -OCH3 is 1. The highest BCUT2D eigenvalue weighted by molar-refractivity contribution is 4.67. The number of hydrogen-bond donors (Lipinski definition) is 1. The number of nitrogens with two attached hydrogens (primary N) is 1. The maximum atomic E-state index is 5.97. The van der Waals surface area contributed by atoms with Crippen molar-refractivity contribution in [2.75, 3.05) is 33.9 Å². The minimum Gasteiger partial charge on any atom is -0.385 e. The molecule has 0 saturated carbocycles. The second-order valence-electron chi connectivity index (χ2n) is 4.35. The molecule has 3 nitrogen and oxygen atoms in total. The van der Waals surface area contributed by atoms with Crippen molar-refractivity contribution in [3.8, 4) is 0 Å². The molecule has 0 aromatic rings. The third kappa shape index (κ3) is 7.30. The molecule has 2 N–H and O–H groups in total. The Bertz CT molecular complexity index is 128. The van der Waals surface area contributed by atoms with Gasteiger partial charge in [-0.3, -0.25) is 0 Å². The van der Waals surface area contributed by atoms with E-state index in [9.17, 15) is 0 Å². The summed E-state index contributed by atoms with van der Waals surface area (Å²) in [6.45, 7) is 7.38. The van der Waals surface area contributed by atoms with E-state index in [-0.39, 0.29) is 0 Å². The monoisotopic (exact) mass is 202 g/mol. The Kier molecular flexibility index (Phi) is 8.14. The van der Waals surface area contributed by atoms with Crippen molar-refractivity contribution in [3.05, 3.63) is 0 Å².